The number of halogens is 7. The molecule has 1 aliphatic rings. The predicted octanol–water partition coefficient (Wildman–Crippen LogP) is 5.45. The number of rotatable bonds is 5. The summed E-state index contributed by atoms with van der Waals surface area (Å²) in [4.78, 5) is 11.3. The summed E-state index contributed by atoms with van der Waals surface area (Å²) in [7, 11) is 0. The lowest BCUT2D eigenvalue weighted by Gasteiger charge is -2.30. The van der Waals surface area contributed by atoms with Crippen molar-refractivity contribution in [3.8, 4) is 17.1 Å². The second-order valence-corrected chi connectivity index (χ2v) is 8.38. The molecule has 6 nitrogen and oxygen atoms in total. The van der Waals surface area contributed by atoms with Crippen molar-refractivity contribution in [2.24, 2.45) is 5.92 Å². The van der Waals surface area contributed by atoms with Gasteiger partial charge in [0.15, 0.2) is 5.69 Å². The number of ether oxygens (including phenoxy) is 1. The molecule has 0 bridgehead atoms. The summed E-state index contributed by atoms with van der Waals surface area (Å²) in [6.07, 6.45) is -7.99. The molecule has 0 spiro atoms. The minimum Gasteiger partial charge on any atom is -0.472 e. The summed E-state index contributed by atoms with van der Waals surface area (Å²) in [5.74, 6) is -3.13. The summed E-state index contributed by atoms with van der Waals surface area (Å²) in [6.45, 7) is 0.953. The fourth-order valence-corrected chi connectivity index (χ4v) is 4.39. The topological polar surface area (TPSA) is 73.1 Å². The Morgan fingerprint density at radius 3 is 2.37 bits per heavy atom. The Morgan fingerprint density at radius 1 is 1.09 bits per heavy atom. The van der Waals surface area contributed by atoms with E-state index in [0.717, 1.165) is 6.20 Å². The molecular formula is C22H21F7N4O2. The highest BCUT2D eigenvalue weighted by molar-refractivity contribution is 5.97. The van der Waals surface area contributed by atoms with E-state index in [1.807, 2.05) is 0 Å². The second kappa shape index (κ2) is 9.25. The average Bonchev–Trinajstić information content (AvgIpc) is 3.14. The maximum atomic E-state index is 15.5. The van der Waals surface area contributed by atoms with Gasteiger partial charge in [-0.15, -0.1) is 0 Å². The zero-order chi connectivity index (χ0) is 25.5. The van der Waals surface area contributed by atoms with E-state index in [1.54, 1.807) is 0 Å². The molecular weight excluding hydrogens is 485 g/mol. The minimum absolute atomic E-state index is 0.000819. The van der Waals surface area contributed by atoms with Crippen LogP contribution in [0.1, 0.15) is 37.2 Å². The minimum atomic E-state index is -4.85. The highest BCUT2D eigenvalue weighted by Crippen LogP contribution is 2.42. The Labute approximate surface area is 194 Å². The van der Waals surface area contributed by atoms with Gasteiger partial charge in [-0.05, 0) is 38.7 Å². The number of aryl methyl sites for hydroxylation is 1. The molecule has 4 rings (SSSR count). The molecule has 3 aromatic heterocycles. The third-order valence-corrected chi connectivity index (χ3v) is 6.01. The molecule has 0 unspecified atom stereocenters. The molecule has 13 heteroatoms. The van der Waals surface area contributed by atoms with E-state index in [9.17, 15) is 31.4 Å². The quantitative estimate of drug-likeness (QED) is 0.466. The lowest BCUT2D eigenvalue weighted by atomic mass is 9.87. The van der Waals surface area contributed by atoms with Crippen LogP contribution in [-0.2, 0) is 12.7 Å². The summed E-state index contributed by atoms with van der Waals surface area (Å²) in [5.41, 5.74) is -1.86. The van der Waals surface area contributed by atoms with Crippen LogP contribution in [0.3, 0.4) is 0 Å². The van der Waals surface area contributed by atoms with Crippen molar-refractivity contribution in [1.29, 1.82) is 0 Å². The van der Waals surface area contributed by atoms with Crippen LogP contribution < -0.4 is 4.74 Å². The third kappa shape index (κ3) is 5.04. The van der Waals surface area contributed by atoms with Gasteiger partial charge in [-0.1, -0.05) is 0 Å². The first-order chi connectivity index (χ1) is 16.4. The van der Waals surface area contributed by atoms with Crippen LogP contribution in [0.4, 0.5) is 30.7 Å². The van der Waals surface area contributed by atoms with E-state index < -0.39 is 52.8 Å². The van der Waals surface area contributed by atoms with Crippen LogP contribution in [0.2, 0.25) is 0 Å². The molecule has 0 atom stereocenters. The van der Waals surface area contributed by atoms with E-state index in [-0.39, 0.29) is 55.7 Å². The Kier molecular flexibility index (Phi) is 6.64. The number of hydrogen-bond acceptors (Lipinski definition) is 5. The first-order valence-corrected chi connectivity index (χ1v) is 10.8. The highest BCUT2D eigenvalue weighted by atomic mass is 19.4. The maximum absolute atomic E-state index is 15.5. The Hall–Kier alpha value is -2.96. The van der Waals surface area contributed by atoms with Gasteiger partial charge in [-0.25, -0.2) is 4.98 Å². The van der Waals surface area contributed by atoms with Gasteiger partial charge in [-0.3, -0.25) is 4.98 Å². The van der Waals surface area contributed by atoms with Gasteiger partial charge in [-0.2, -0.15) is 35.7 Å². The van der Waals surface area contributed by atoms with Crippen molar-refractivity contribution in [2.75, 3.05) is 6.61 Å². The molecule has 1 N–H and O–H groups in total. The van der Waals surface area contributed by atoms with Crippen molar-refractivity contribution in [2.45, 2.75) is 57.6 Å². The predicted molar refractivity (Wildman–Crippen MR) is 110 cm³/mol. The molecule has 0 radical (unpaired) electrons. The SMILES string of the molecule is Cc1nc(OC2CCC(C(F)(F)F)CC2)c(F)c(-c2cn(CCO)c3ccnc(C(F)(F)F)c23)n1. The number of hydrogen-bond donors (Lipinski definition) is 1. The molecule has 3 aromatic rings. The molecule has 1 aliphatic carbocycles. The molecule has 0 aromatic carbocycles. The third-order valence-electron chi connectivity index (χ3n) is 6.01. The fraction of sp³-hybridized carbons (Fsp3) is 0.500. The normalized spacial score (nSPS) is 19.3. The van der Waals surface area contributed by atoms with E-state index in [2.05, 4.69) is 15.0 Å². The number of fused-ring (bicyclic) bond motifs is 1. The average molecular weight is 506 g/mol. The molecule has 0 amide bonds. The van der Waals surface area contributed by atoms with Crippen LogP contribution in [-0.4, -0.2) is 43.5 Å². The summed E-state index contributed by atoms with van der Waals surface area (Å²) >= 11 is 0. The molecule has 0 saturated heterocycles. The molecule has 0 aliphatic heterocycles. The number of aromatic nitrogens is 4. The number of alkyl halides is 6. The van der Waals surface area contributed by atoms with Crippen molar-refractivity contribution >= 4 is 10.9 Å². The Bertz CT molecular complexity index is 1220. The summed E-state index contributed by atoms with van der Waals surface area (Å²) < 4.78 is 102. The van der Waals surface area contributed by atoms with Crippen molar-refractivity contribution in [1.82, 2.24) is 19.5 Å². The Balaban J connectivity index is 1.76. The zero-order valence-electron chi connectivity index (χ0n) is 18.4. The van der Waals surface area contributed by atoms with E-state index in [1.165, 1.54) is 23.8 Å². The van der Waals surface area contributed by atoms with Crippen LogP contribution >= 0.6 is 0 Å². The molecule has 3 heterocycles. The van der Waals surface area contributed by atoms with Crippen LogP contribution in [0.25, 0.3) is 22.2 Å². The number of nitrogens with zero attached hydrogens (tertiary/aromatic N) is 4. The van der Waals surface area contributed by atoms with Crippen LogP contribution in [0, 0.1) is 18.7 Å². The lowest BCUT2D eigenvalue weighted by molar-refractivity contribution is -0.185. The van der Waals surface area contributed by atoms with Gasteiger partial charge >= 0.3 is 12.4 Å². The number of pyridine rings is 1. The van der Waals surface area contributed by atoms with Crippen molar-refractivity contribution < 1.29 is 40.6 Å². The smallest absolute Gasteiger partial charge is 0.434 e. The van der Waals surface area contributed by atoms with E-state index in [0.29, 0.717) is 0 Å². The van der Waals surface area contributed by atoms with Gasteiger partial charge in [0.25, 0.3) is 5.88 Å². The lowest BCUT2D eigenvalue weighted by Crippen LogP contribution is -2.32. The molecule has 190 valence electrons. The monoisotopic (exact) mass is 506 g/mol. The first-order valence-electron chi connectivity index (χ1n) is 10.8. The van der Waals surface area contributed by atoms with Crippen LogP contribution in [0.15, 0.2) is 18.5 Å². The molecule has 35 heavy (non-hydrogen) atoms. The molecule has 1 fully saturated rings. The van der Waals surface area contributed by atoms with Gasteiger partial charge < -0.3 is 14.4 Å². The van der Waals surface area contributed by atoms with E-state index in [4.69, 9.17) is 4.74 Å². The molecule has 1 saturated carbocycles. The first kappa shape index (κ1) is 25.1. The summed E-state index contributed by atoms with van der Waals surface area (Å²) in [5, 5.41) is 8.93. The second-order valence-electron chi connectivity index (χ2n) is 8.38. The van der Waals surface area contributed by atoms with Gasteiger partial charge in [0, 0.05) is 29.9 Å². The summed E-state index contributed by atoms with van der Waals surface area (Å²) in [6, 6.07) is 1.31. The van der Waals surface area contributed by atoms with Gasteiger partial charge in [0.05, 0.1) is 18.0 Å². The van der Waals surface area contributed by atoms with Crippen molar-refractivity contribution in [3.05, 3.63) is 35.8 Å². The van der Waals surface area contributed by atoms with Crippen molar-refractivity contribution in [3.63, 3.8) is 0 Å². The van der Waals surface area contributed by atoms with E-state index >= 15 is 4.39 Å². The number of aliphatic hydroxyl groups excluding tert-OH is 1. The standard InChI is InChI=1S/C22H21F7N4O2/c1-11-31-18(17(23)20(32-11)35-13-4-2-12(3-5-13)21(24,25)26)14-10-33(8-9-34)15-6-7-30-19(16(14)15)22(27,28)29/h6-7,10,12-13,34H,2-5,8-9H2,1H3. The Morgan fingerprint density at radius 2 is 1.77 bits per heavy atom. The maximum Gasteiger partial charge on any atom is 0.434 e. The largest absolute Gasteiger partial charge is 0.472 e. The van der Waals surface area contributed by atoms with Gasteiger partial charge in [0.1, 0.15) is 17.6 Å². The fourth-order valence-electron chi connectivity index (χ4n) is 4.39. The van der Waals surface area contributed by atoms with Gasteiger partial charge in [0.2, 0.25) is 5.82 Å². The number of aliphatic hydroxyl groups is 1. The zero-order valence-corrected chi connectivity index (χ0v) is 18.4. The highest BCUT2D eigenvalue weighted by Gasteiger charge is 2.42. The van der Waals surface area contributed by atoms with Crippen LogP contribution in [0.5, 0.6) is 5.88 Å².